The SMILES string of the molecule is COC(c1ccccc1)C(N)c1ccc(F)c(F)c1. The molecule has 0 aliphatic heterocycles. The molecule has 2 aromatic carbocycles. The molecule has 0 aromatic heterocycles. The van der Waals surface area contributed by atoms with Crippen molar-refractivity contribution in [1.29, 1.82) is 0 Å². The molecular formula is C15H15F2NO. The number of halogens is 2. The summed E-state index contributed by atoms with van der Waals surface area (Å²) in [6.07, 6.45) is -0.411. The highest BCUT2D eigenvalue weighted by atomic mass is 19.2. The molecule has 100 valence electrons. The number of ether oxygens (including phenoxy) is 1. The van der Waals surface area contributed by atoms with E-state index in [-0.39, 0.29) is 0 Å². The van der Waals surface area contributed by atoms with Crippen molar-refractivity contribution in [1.82, 2.24) is 0 Å². The number of benzene rings is 2. The molecule has 0 bridgehead atoms. The van der Waals surface area contributed by atoms with Gasteiger partial charge in [-0.05, 0) is 23.3 Å². The zero-order chi connectivity index (χ0) is 13.8. The topological polar surface area (TPSA) is 35.2 Å². The van der Waals surface area contributed by atoms with E-state index in [2.05, 4.69) is 0 Å². The van der Waals surface area contributed by atoms with Crippen molar-refractivity contribution < 1.29 is 13.5 Å². The van der Waals surface area contributed by atoms with Crippen molar-refractivity contribution in [2.24, 2.45) is 5.73 Å². The van der Waals surface area contributed by atoms with Crippen LogP contribution in [0.2, 0.25) is 0 Å². The van der Waals surface area contributed by atoms with E-state index in [4.69, 9.17) is 10.5 Å². The van der Waals surface area contributed by atoms with Gasteiger partial charge in [-0.15, -0.1) is 0 Å². The molecule has 0 spiro atoms. The minimum absolute atomic E-state index is 0.411. The van der Waals surface area contributed by atoms with Crippen molar-refractivity contribution in [3.05, 3.63) is 71.3 Å². The Labute approximate surface area is 110 Å². The highest BCUT2D eigenvalue weighted by molar-refractivity contribution is 5.27. The summed E-state index contributed by atoms with van der Waals surface area (Å²) in [5.74, 6) is -1.79. The molecule has 0 aliphatic rings. The summed E-state index contributed by atoms with van der Waals surface area (Å²) < 4.78 is 31.5. The first-order chi connectivity index (χ1) is 9.13. The molecule has 4 heteroatoms. The van der Waals surface area contributed by atoms with Crippen LogP contribution in [0.5, 0.6) is 0 Å². The maximum Gasteiger partial charge on any atom is 0.159 e. The van der Waals surface area contributed by atoms with Crippen LogP contribution in [-0.2, 0) is 4.74 Å². The lowest BCUT2D eigenvalue weighted by atomic mass is 9.96. The van der Waals surface area contributed by atoms with Gasteiger partial charge in [0.2, 0.25) is 0 Å². The third-order valence-electron chi connectivity index (χ3n) is 3.04. The van der Waals surface area contributed by atoms with Gasteiger partial charge in [-0.1, -0.05) is 36.4 Å². The summed E-state index contributed by atoms with van der Waals surface area (Å²) in [6, 6.07) is 12.5. The molecule has 2 N–H and O–H groups in total. The van der Waals surface area contributed by atoms with E-state index >= 15 is 0 Å². The third kappa shape index (κ3) is 2.97. The minimum Gasteiger partial charge on any atom is -0.375 e. The molecule has 0 heterocycles. The van der Waals surface area contributed by atoms with Crippen LogP contribution in [-0.4, -0.2) is 7.11 Å². The van der Waals surface area contributed by atoms with Crippen LogP contribution >= 0.6 is 0 Å². The van der Waals surface area contributed by atoms with Crippen LogP contribution in [0.1, 0.15) is 23.3 Å². The van der Waals surface area contributed by atoms with Gasteiger partial charge in [-0.2, -0.15) is 0 Å². The second-order valence-electron chi connectivity index (χ2n) is 4.27. The minimum atomic E-state index is -0.907. The smallest absolute Gasteiger partial charge is 0.159 e. The summed E-state index contributed by atoms with van der Waals surface area (Å²) in [6.45, 7) is 0. The van der Waals surface area contributed by atoms with Crippen molar-refractivity contribution >= 4 is 0 Å². The highest BCUT2D eigenvalue weighted by Crippen LogP contribution is 2.30. The normalized spacial score (nSPS) is 14.1. The largest absolute Gasteiger partial charge is 0.375 e. The van der Waals surface area contributed by atoms with Crippen LogP contribution in [0.25, 0.3) is 0 Å². The van der Waals surface area contributed by atoms with Gasteiger partial charge in [0.1, 0.15) is 6.10 Å². The first-order valence-electron chi connectivity index (χ1n) is 5.91. The van der Waals surface area contributed by atoms with Crippen molar-refractivity contribution in [2.45, 2.75) is 12.1 Å². The third-order valence-corrected chi connectivity index (χ3v) is 3.04. The molecule has 2 rings (SSSR count). The molecule has 0 aliphatic carbocycles. The summed E-state index contributed by atoms with van der Waals surface area (Å²) in [7, 11) is 1.54. The van der Waals surface area contributed by atoms with Crippen LogP contribution in [0.15, 0.2) is 48.5 Å². The Hall–Kier alpha value is -1.78. The Kier molecular flexibility index (Phi) is 4.24. The van der Waals surface area contributed by atoms with Crippen molar-refractivity contribution in [2.75, 3.05) is 7.11 Å². The maximum atomic E-state index is 13.2. The Morgan fingerprint density at radius 2 is 1.63 bits per heavy atom. The van der Waals surface area contributed by atoms with Crippen LogP contribution in [0, 0.1) is 11.6 Å². The van der Waals surface area contributed by atoms with Gasteiger partial charge in [0.05, 0.1) is 6.04 Å². The molecule has 0 amide bonds. The van der Waals surface area contributed by atoms with Gasteiger partial charge < -0.3 is 10.5 Å². The van der Waals surface area contributed by atoms with Gasteiger partial charge in [0.25, 0.3) is 0 Å². The van der Waals surface area contributed by atoms with Gasteiger partial charge in [-0.3, -0.25) is 0 Å². The highest BCUT2D eigenvalue weighted by Gasteiger charge is 2.21. The summed E-state index contributed by atoms with van der Waals surface area (Å²) in [5, 5.41) is 0. The maximum absolute atomic E-state index is 13.2. The summed E-state index contributed by atoms with van der Waals surface area (Å²) in [4.78, 5) is 0. The Morgan fingerprint density at radius 3 is 2.21 bits per heavy atom. The van der Waals surface area contributed by atoms with E-state index in [1.165, 1.54) is 13.2 Å². The summed E-state index contributed by atoms with van der Waals surface area (Å²) in [5.41, 5.74) is 7.47. The molecule has 2 unspecified atom stereocenters. The zero-order valence-electron chi connectivity index (χ0n) is 10.5. The van der Waals surface area contributed by atoms with Gasteiger partial charge in [-0.25, -0.2) is 8.78 Å². The lowest BCUT2D eigenvalue weighted by molar-refractivity contribution is 0.0800. The van der Waals surface area contributed by atoms with Crippen molar-refractivity contribution in [3.8, 4) is 0 Å². The number of methoxy groups -OCH3 is 1. The molecule has 0 saturated carbocycles. The molecular weight excluding hydrogens is 248 g/mol. The number of rotatable bonds is 4. The number of nitrogens with two attached hydrogens (primary N) is 1. The molecule has 19 heavy (non-hydrogen) atoms. The van der Waals surface area contributed by atoms with E-state index in [0.717, 1.165) is 17.7 Å². The average Bonchev–Trinajstić information content (AvgIpc) is 2.44. The van der Waals surface area contributed by atoms with E-state index in [9.17, 15) is 8.78 Å². The fourth-order valence-electron chi connectivity index (χ4n) is 2.03. The van der Waals surface area contributed by atoms with Crippen molar-refractivity contribution in [3.63, 3.8) is 0 Å². The van der Waals surface area contributed by atoms with Crippen LogP contribution in [0.3, 0.4) is 0 Å². The fraction of sp³-hybridized carbons (Fsp3) is 0.200. The first kappa shape index (κ1) is 13.6. The molecule has 2 aromatic rings. The van der Waals surface area contributed by atoms with Crippen LogP contribution in [0.4, 0.5) is 8.78 Å². The van der Waals surface area contributed by atoms with Gasteiger partial charge >= 0.3 is 0 Å². The molecule has 2 nitrogen and oxygen atoms in total. The fourth-order valence-corrected chi connectivity index (χ4v) is 2.03. The van der Waals surface area contributed by atoms with Crippen LogP contribution < -0.4 is 5.73 Å². The molecule has 0 radical (unpaired) electrons. The Balaban J connectivity index is 2.30. The zero-order valence-corrected chi connectivity index (χ0v) is 10.5. The first-order valence-corrected chi connectivity index (χ1v) is 5.91. The standard InChI is InChI=1S/C15H15F2NO/c1-19-15(10-5-3-2-4-6-10)14(18)11-7-8-12(16)13(17)9-11/h2-9,14-15H,18H2,1H3. The summed E-state index contributed by atoms with van der Waals surface area (Å²) >= 11 is 0. The van der Waals surface area contributed by atoms with Gasteiger partial charge in [0.15, 0.2) is 11.6 Å². The lowest BCUT2D eigenvalue weighted by Crippen LogP contribution is -2.21. The monoisotopic (exact) mass is 263 g/mol. The van der Waals surface area contributed by atoms with E-state index in [1.807, 2.05) is 30.3 Å². The second kappa shape index (κ2) is 5.91. The van der Waals surface area contributed by atoms with Gasteiger partial charge in [0, 0.05) is 7.11 Å². The number of hydrogen-bond acceptors (Lipinski definition) is 2. The van der Waals surface area contributed by atoms with E-state index in [0.29, 0.717) is 5.56 Å². The Bertz CT molecular complexity index is 545. The quantitative estimate of drug-likeness (QED) is 0.918. The Morgan fingerprint density at radius 1 is 0.947 bits per heavy atom. The van der Waals surface area contributed by atoms with E-state index < -0.39 is 23.8 Å². The predicted octanol–water partition coefficient (Wildman–Crippen LogP) is 3.35. The van der Waals surface area contributed by atoms with E-state index in [1.54, 1.807) is 0 Å². The molecule has 2 atom stereocenters. The second-order valence-corrected chi connectivity index (χ2v) is 4.27. The average molecular weight is 263 g/mol. The lowest BCUT2D eigenvalue weighted by Gasteiger charge is -2.23. The predicted molar refractivity (Wildman–Crippen MR) is 69.5 cm³/mol. The number of hydrogen-bond donors (Lipinski definition) is 1. The molecule has 0 saturated heterocycles. The molecule has 0 fully saturated rings.